The van der Waals surface area contributed by atoms with Gasteiger partial charge in [0.25, 0.3) is 0 Å². The summed E-state index contributed by atoms with van der Waals surface area (Å²) in [5, 5.41) is 10.8. The number of aliphatic hydroxyl groups is 1. The molecule has 1 aromatic carbocycles. The van der Waals surface area contributed by atoms with E-state index in [0.29, 0.717) is 12.3 Å². The van der Waals surface area contributed by atoms with E-state index in [4.69, 9.17) is 10.5 Å². The van der Waals surface area contributed by atoms with Gasteiger partial charge in [0.1, 0.15) is 17.5 Å². The quantitative estimate of drug-likeness (QED) is 0.842. The third-order valence-corrected chi connectivity index (χ3v) is 4.47. The van der Waals surface area contributed by atoms with Gasteiger partial charge in [0, 0.05) is 18.5 Å². The van der Waals surface area contributed by atoms with Crippen LogP contribution in [0.4, 0.5) is 0 Å². The van der Waals surface area contributed by atoms with Crippen molar-refractivity contribution in [3.05, 3.63) is 29.8 Å². The summed E-state index contributed by atoms with van der Waals surface area (Å²) < 4.78 is 6.10. The highest BCUT2D eigenvalue weighted by Crippen LogP contribution is 2.43. The van der Waals surface area contributed by atoms with Gasteiger partial charge in [-0.3, -0.25) is 0 Å². The maximum absolute atomic E-state index is 10.8. The van der Waals surface area contributed by atoms with Crippen LogP contribution in [-0.4, -0.2) is 17.8 Å². The van der Waals surface area contributed by atoms with E-state index in [0.717, 1.165) is 11.3 Å². The molecule has 1 aliphatic carbocycles. The standard InChI is InChI=1S/C15H21NO2/c16-10-15(17)9-14(11-5-1-2-6-11)18-13-8-4-3-7-12(13)15/h3-4,7-8,11,14,17H,1-2,5-6,9-10,16H2. The molecule has 1 saturated carbocycles. The van der Waals surface area contributed by atoms with Crippen molar-refractivity contribution in [2.45, 2.75) is 43.8 Å². The number of para-hydroxylation sites is 1. The summed E-state index contributed by atoms with van der Waals surface area (Å²) >= 11 is 0. The molecular formula is C15H21NO2. The lowest BCUT2D eigenvalue weighted by Gasteiger charge is -2.40. The van der Waals surface area contributed by atoms with Crippen molar-refractivity contribution < 1.29 is 9.84 Å². The van der Waals surface area contributed by atoms with Crippen LogP contribution < -0.4 is 10.5 Å². The highest BCUT2D eigenvalue weighted by Gasteiger charge is 2.42. The van der Waals surface area contributed by atoms with Crippen LogP contribution in [0.15, 0.2) is 24.3 Å². The summed E-state index contributed by atoms with van der Waals surface area (Å²) in [4.78, 5) is 0. The molecule has 98 valence electrons. The molecule has 1 aromatic rings. The van der Waals surface area contributed by atoms with Crippen LogP contribution in [0.5, 0.6) is 5.75 Å². The minimum Gasteiger partial charge on any atom is -0.490 e. The number of hydrogen-bond donors (Lipinski definition) is 2. The number of nitrogens with two attached hydrogens (primary N) is 1. The molecule has 0 aromatic heterocycles. The fourth-order valence-corrected chi connectivity index (χ4v) is 3.39. The number of rotatable bonds is 2. The van der Waals surface area contributed by atoms with E-state index < -0.39 is 5.60 Å². The Balaban J connectivity index is 1.92. The fraction of sp³-hybridized carbons (Fsp3) is 0.600. The molecule has 18 heavy (non-hydrogen) atoms. The maximum Gasteiger partial charge on any atom is 0.125 e. The van der Waals surface area contributed by atoms with Gasteiger partial charge in [0.2, 0.25) is 0 Å². The van der Waals surface area contributed by atoms with Crippen molar-refractivity contribution in [3.63, 3.8) is 0 Å². The molecule has 0 spiro atoms. The third kappa shape index (κ3) is 1.91. The van der Waals surface area contributed by atoms with Crippen LogP contribution in [0.1, 0.15) is 37.7 Å². The minimum absolute atomic E-state index is 0.121. The summed E-state index contributed by atoms with van der Waals surface area (Å²) in [6.45, 7) is 0.261. The second kappa shape index (κ2) is 4.56. The summed E-state index contributed by atoms with van der Waals surface area (Å²) in [5.74, 6) is 1.39. The second-order valence-electron chi connectivity index (χ2n) is 5.64. The maximum atomic E-state index is 10.8. The monoisotopic (exact) mass is 247 g/mol. The minimum atomic E-state index is -0.915. The zero-order valence-electron chi connectivity index (χ0n) is 10.6. The van der Waals surface area contributed by atoms with Crippen LogP contribution in [0.25, 0.3) is 0 Å². The van der Waals surface area contributed by atoms with Crippen molar-refractivity contribution in [3.8, 4) is 5.75 Å². The van der Waals surface area contributed by atoms with Gasteiger partial charge in [-0.25, -0.2) is 0 Å². The highest BCUT2D eigenvalue weighted by molar-refractivity contribution is 5.40. The molecule has 2 unspecified atom stereocenters. The van der Waals surface area contributed by atoms with Gasteiger partial charge >= 0.3 is 0 Å². The van der Waals surface area contributed by atoms with Crippen LogP contribution in [0, 0.1) is 5.92 Å². The van der Waals surface area contributed by atoms with E-state index in [1.807, 2.05) is 24.3 Å². The van der Waals surface area contributed by atoms with Crippen molar-refractivity contribution >= 4 is 0 Å². The van der Waals surface area contributed by atoms with E-state index in [-0.39, 0.29) is 12.6 Å². The molecule has 0 amide bonds. The summed E-state index contributed by atoms with van der Waals surface area (Å²) in [6, 6.07) is 7.75. The van der Waals surface area contributed by atoms with E-state index in [9.17, 15) is 5.11 Å². The predicted molar refractivity (Wildman–Crippen MR) is 70.4 cm³/mol. The smallest absolute Gasteiger partial charge is 0.125 e. The van der Waals surface area contributed by atoms with Crippen molar-refractivity contribution in [2.75, 3.05) is 6.54 Å². The molecule has 3 N–H and O–H groups in total. The van der Waals surface area contributed by atoms with Gasteiger partial charge in [0.15, 0.2) is 0 Å². The molecule has 3 heteroatoms. The number of hydrogen-bond acceptors (Lipinski definition) is 3. The van der Waals surface area contributed by atoms with Crippen LogP contribution in [0.3, 0.4) is 0 Å². The van der Waals surface area contributed by atoms with Crippen LogP contribution >= 0.6 is 0 Å². The lowest BCUT2D eigenvalue weighted by atomic mass is 9.81. The van der Waals surface area contributed by atoms with Crippen LogP contribution in [0.2, 0.25) is 0 Å². The fourth-order valence-electron chi connectivity index (χ4n) is 3.39. The molecule has 0 bridgehead atoms. The Morgan fingerprint density at radius 3 is 2.72 bits per heavy atom. The van der Waals surface area contributed by atoms with Crippen molar-refractivity contribution in [1.82, 2.24) is 0 Å². The number of fused-ring (bicyclic) bond motifs is 1. The lowest BCUT2D eigenvalue weighted by molar-refractivity contribution is -0.0396. The molecular weight excluding hydrogens is 226 g/mol. The summed E-state index contributed by atoms with van der Waals surface area (Å²) in [6.07, 6.45) is 5.75. The first-order chi connectivity index (χ1) is 8.73. The topological polar surface area (TPSA) is 55.5 Å². The van der Waals surface area contributed by atoms with Gasteiger partial charge in [-0.05, 0) is 24.8 Å². The Hall–Kier alpha value is -1.06. The molecule has 0 saturated heterocycles. The van der Waals surface area contributed by atoms with Gasteiger partial charge in [-0.2, -0.15) is 0 Å². The Morgan fingerprint density at radius 1 is 1.28 bits per heavy atom. The van der Waals surface area contributed by atoms with Crippen molar-refractivity contribution in [1.29, 1.82) is 0 Å². The first kappa shape index (κ1) is 12.0. The average molecular weight is 247 g/mol. The van der Waals surface area contributed by atoms with Gasteiger partial charge in [-0.1, -0.05) is 31.0 Å². The first-order valence-electron chi connectivity index (χ1n) is 6.91. The largest absolute Gasteiger partial charge is 0.490 e. The molecule has 3 rings (SSSR count). The molecule has 1 fully saturated rings. The molecule has 0 radical (unpaired) electrons. The Kier molecular flexibility index (Phi) is 3.04. The Labute approximate surface area is 108 Å². The molecule has 1 heterocycles. The second-order valence-corrected chi connectivity index (χ2v) is 5.64. The van der Waals surface area contributed by atoms with Gasteiger partial charge in [-0.15, -0.1) is 0 Å². The van der Waals surface area contributed by atoms with Crippen LogP contribution in [-0.2, 0) is 5.60 Å². The Bertz CT molecular complexity index is 428. The van der Waals surface area contributed by atoms with E-state index in [1.165, 1.54) is 25.7 Å². The molecule has 3 nitrogen and oxygen atoms in total. The third-order valence-electron chi connectivity index (χ3n) is 4.47. The zero-order valence-corrected chi connectivity index (χ0v) is 10.6. The average Bonchev–Trinajstić information content (AvgIpc) is 2.93. The van der Waals surface area contributed by atoms with Crippen molar-refractivity contribution in [2.24, 2.45) is 11.7 Å². The van der Waals surface area contributed by atoms with Gasteiger partial charge < -0.3 is 15.6 Å². The summed E-state index contributed by atoms with van der Waals surface area (Å²) in [5.41, 5.74) is 5.74. The predicted octanol–water partition coefficient (Wildman–Crippen LogP) is 2.17. The summed E-state index contributed by atoms with van der Waals surface area (Å²) in [7, 11) is 0. The first-order valence-corrected chi connectivity index (χ1v) is 6.91. The molecule has 2 aliphatic rings. The zero-order chi connectivity index (χ0) is 12.6. The Morgan fingerprint density at radius 2 is 2.00 bits per heavy atom. The van der Waals surface area contributed by atoms with Gasteiger partial charge in [0.05, 0.1) is 0 Å². The highest BCUT2D eigenvalue weighted by atomic mass is 16.5. The molecule has 1 aliphatic heterocycles. The normalized spacial score (nSPS) is 32.0. The van der Waals surface area contributed by atoms with E-state index in [1.54, 1.807) is 0 Å². The van der Waals surface area contributed by atoms with E-state index >= 15 is 0 Å². The van der Waals surface area contributed by atoms with E-state index in [2.05, 4.69) is 0 Å². The molecule has 2 atom stereocenters. The SMILES string of the molecule is NCC1(O)CC(C2CCCC2)Oc2ccccc21. The lowest BCUT2D eigenvalue weighted by Crippen LogP contribution is -2.45. The number of benzene rings is 1. The number of ether oxygens (including phenoxy) is 1.